The van der Waals surface area contributed by atoms with Crippen molar-refractivity contribution in [3.63, 3.8) is 0 Å². The molecule has 0 radical (unpaired) electrons. The molecule has 0 aromatic carbocycles. The van der Waals surface area contributed by atoms with Gasteiger partial charge in [0.25, 0.3) is 0 Å². The number of nitrogens with zero attached hydrogens (tertiary/aromatic N) is 2. The summed E-state index contributed by atoms with van der Waals surface area (Å²) in [6, 6.07) is 3.55. The SMILES string of the molecule is Nc1cc2cnccc2c(Cl)n1. The van der Waals surface area contributed by atoms with Crippen LogP contribution in [0.1, 0.15) is 0 Å². The second kappa shape index (κ2) is 2.60. The zero-order valence-electron chi connectivity index (χ0n) is 6.16. The van der Waals surface area contributed by atoms with E-state index in [9.17, 15) is 0 Å². The Morgan fingerprint density at radius 1 is 1.42 bits per heavy atom. The van der Waals surface area contributed by atoms with Crippen molar-refractivity contribution in [2.75, 3.05) is 5.73 Å². The van der Waals surface area contributed by atoms with Crippen molar-refractivity contribution in [3.05, 3.63) is 29.7 Å². The van der Waals surface area contributed by atoms with Gasteiger partial charge in [0.2, 0.25) is 0 Å². The largest absolute Gasteiger partial charge is 0.384 e. The fourth-order valence-electron chi connectivity index (χ4n) is 1.07. The first kappa shape index (κ1) is 7.31. The van der Waals surface area contributed by atoms with Gasteiger partial charge in [-0.25, -0.2) is 4.98 Å². The van der Waals surface area contributed by atoms with Crippen LogP contribution < -0.4 is 5.73 Å². The first-order valence-corrected chi connectivity index (χ1v) is 3.81. The van der Waals surface area contributed by atoms with Gasteiger partial charge in [-0.3, -0.25) is 4.98 Å². The number of nitrogen functional groups attached to an aromatic ring is 1. The predicted molar refractivity (Wildman–Crippen MR) is 49.0 cm³/mol. The van der Waals surface area contributed by atoms with Crippen LogP contribution in [0, 0.1) is 0 Å². The van der Waals surface area contributed by atoms with Crippen molar-refractivity contribution in [2.45, 2.75) is 0 Å². The number of pyridine rings is 2. The van der Waals surface area contributed by atoms with Crippen LogP contribution in [-0.2, 0) is 0 Å². The maximum atomic E-state index is 5.84. The number of fused-ring (bicyclic) bond motifs is 1. The first-order valence-electron chi connectivity index (χ1n) is 3.43. The Bertz CT molecular complexity index is 428. The van der Waals surface area contributed by atoms with E-state index in [1.807, 2.05) is 6.07 Å². The molecular formula is C8H6ClN3. The lowest BCUT2D eigenvalue weighted by atomic mass is 10.2. The first-order chi connectivity index (χ1) is 5.77. The van der Waals surface area contributed by atoms with Crippen LogP contribution in [-0.4, -0.2) is 9.97 Å². The molecule has 2 aromatic heterocycles. The summed E-state index contributed by atoms with van der Waals surface area (Å²) in [5.41, 5.74) is 5.50. The molecule has 0 aliphatic heterocycles. The van der Waals surface area contributed by atoms with Crippen LogP contribution >= 0.6 is 11.6 Å². The van der Waals surface area contributed by atoms with Crippen molar-refractivity contribution < 1.29 is 0 Å². The van der Waals surface area contributed by atoms with Gasteiger partial charge >= 0.3 is 0 Å². The second-order valence-corrected chi connectivity index (χ2v) is 2.79. The van der Waals surface area contributed by atoms with E-state index in [1.54, 1.807) is 18.5 Å². The van der Waals surface area contributed by atoms with Crippen LogP contribution in [0.5, 0.6) is 0 Å². The summed E-state index contributed by atoms with van der Waals surface area (Å²) < 4.78 is 0. The summed E-state index contributed by atoms with van der Waals surface area (Å²) in [4.78, 5) is 7.87. The van der Waals surface area contributed by atoms with E-state index in [1.165, 1.54) is 0 Å². The van der Waals surface area contributed by atoms with E-state index >= 15 is 0 Å². The summed E-state index contributed by atoms with van der Waals surface area (Å²) in [6.45, 7) is 0. The third kappa shape index (κ3) is 1.08. The second-order valence-electron chi connectivity index (χ2n) is 2.43. The Morgan fingerprint density at radius 3 is 3.08 bits per heavy atom. The van der Waals surface area contributed by atoms with E-state index in [0.717, 1.165) is 10.8 Å². The van der Waals surface area contributed by atoms with Crippen LogP contribution in [0.25, 0.3) is 10.8 Å². The number of hydrogen-bond donors (Lipinski definition) is 1. The van der Waals surface area contributed by atoms with Gasteiger partial charge in [0.1, 0.15) is 11.0 Å². The molecule has 60 valence electrons. The number of aromatic nitrogens is 2. The van der Waals surface area contributed by atoms with Crippen LogP contribution in [0.4, 0.5) is 5.82 Å². The molecule has 2 rings (SSSR count). The third-order valence-corrected chi connectivity index (χ3v) is 1.89. The summed E-state index contributed by atoms with van der Waals surface area (Å²) >= 11 is 5.84. The minimum absolute atomic E-state index is 0.417. The number of anilines is 1. The zero-order chi connectivity index (χ0) is 8.55. The van der Waals surface area contributed by atoms with Gasteiger partial charge in [0, 0.05) is 23.2 Å². The van der Waals surface area contributed by atoms with Gasteiger partial charge in [0.05, 0.1) is 0 Å². The van der Waals surface area contributed by atoms with E-state index < -0.39 is 0 Å². The Kier molecular flexibility index (Phi) is 1.59. The quantitative estimate of drug-likeness (QED) is 0.628. The van der Waals surface area contributed by atoms with Gasteiger partial charge < -0.3 is 5.73 Å². The van der Waals surface area contributed by atoms with Gasteiger partial charge in [0.15, 0.2) is 0 Å². The number of hydrogen-bond acceptors (Lipinski definition) is 3. The average Bonchev–Trinajstić information content (AvgIpc) is 2.04. The maximum absolute atomic E-state index is 5.84. The molecule has 2 aromatic rings. The highest BCUT2D eigenvalue weighted by atomic mass is 35.5. The van der Waals surface area contributed by atoms with Crippen LogP contribution in [0.15, 0.2) is 24.5 Å². The van der Waals surface area contributed by atoms with E-state index in [4.69, 9.17) is 17.3 Å². The van der Waals surface area contributed by atoms with Crippen molar-refractivity contribution in [2.24, 2.45) is 0 Å². The normalized spacial score (nSPS) is 10.4. The van der Waals surface area contributed by atoms with Crippen LogP contribution in [0.2, 0.25) is 5.15 Å². The fraction of sp³-hybridized carbons (Fsp3) is 0. The lowest BCUT2D eigenvalue weighted by Crippen LogP contribution is -1.90. The number of nitrogens with two attached hydrogens (primary N) is 1. The molecule has 0 aliphatic rings. The minimum atomic E-state index is 0.417. The maximum Gasteiger partial charge on any atom is 0.139 e. The molecule has 0 bridgehead atoms. The predicted octanol–water partition coefficient (Wildman–Crippen LogP) is 1.87. The molecule has 4 heteroatoms. The van der Waals surface area contributed by atoms with Gasteiger partial charge in [-0.1, -0.05) is 11.6 Å². The lowest BCUT2D eigenvalue weighted by Gasteiger charge is -1.99. The fourth-order valence-corrected chi connectivity index (χ4v) is 1.34. The summed E-state index contributed by atoms with van der Waals surface area (Å²) in [6.07, 6.45) is 3.38. The summed E-state index contributed by atoms with van der Waals surface area (Å²) in [7, 11) is 0. The Morgan fingerprint density at radius 2 is 2.25 bits per heavy atom. The highest BCUT2D eigenvalue weighted by Crippen LogP contribution is 2.21. The molecule has 0 atom stereocenters. The molecule has 3 nitrogen and oxygen atoms in total. The molecule has 0 fully saturated rings. The van der Waals surface area contributed by atoms with Gasteiger partial charge in [-0.05, 0) is 12.1 Å². The third-order valence-electron chi connectivity index (χ3n) is 1.60. The Balaban J connectivity index is 2.89. The molecule has 0 aliphatic carbocycles. The van der Waals surface area contributed by atoms with Crippen molar-refractivity contribution >= 4 is 28.2 Å². The number of halogens is 1. The summed E-state index contributed by atoms with van der Waals surface area (Å²) in [5.74, 6) is 0.417. The minimum Gasteiger partial charge on any atom is -0.384 e. The topological polar surface area (TPSA) is 51.8 Å². The Labute approximate surface area is 74.2 Å². The molecule has 12 heavy (non-hydrogen) atoms. The average molecular weight is 180 g/mol. The molecule has 0 saturated heterocycles. The number of rotatable bonds is 0. The highest BCUT2D eigenvalue weighted by molar-refractivity contribution is 6.34. The molecule has 0 amide bonds. The van der Waals surface area contributed by atoms with Crippen molar-refractivity contribution in [1.82, 2.24) is 9.97 Å². The van der Waals surface area contributed by atoms with Crippen LogP contribution in [0.3, 0.4) is 0 Å². The monoisotopic (exact) mass is 179 g/mol. The Hall–Kier alpha value is -1.35. The van der Waals surface area contributed by atoms with Gasteiger partial charge in [-0.15, -0.1) is 0 Å². The van der Waals surface area contributed by atoms with Gasteiger partial charge in [-0.2, -0.15) is 0 Å². The molecule has 2 N–H and O–H groups in total. The lowest BCUT2D eigenvalue weighted by molar-refractivity contribution is 1.33. The van der Waals surface area contributed by atoms with E-state index in [0.29, 0.717) is 11.0 Å². The molecule has 2 heterocycles. The summed E-state index contributed by atoms with van der Waals surface area (Å²) in [5, 5.41) is 2.21. The standard InChI is InChI=1S/C8H6ClN3/c9-8-6-1-2-11-4-5(6)3-7(10)12-8/h1-4H,(H2,10,12). The molecule has 0 spiro atoms. The molecular weight excluding hydrogens is 174 g/mol. The van der Waals surface area contributed by atoms with E-state index in [-0.39, 0.29) is 0 Å². The van der Waals surface area contributed by atoms with Crippen molar-refractivity contribution in [3.8, 4) is 0 Å². The molecule has 0 saturated carbocycles. The van der Waals surface area contributed by atoms with E-state index in [2.05, 4.69) is 9.97 Å². The van der Waals surface area contributed by atoms with Crippen molar-refractivity contribution in [1.29, 1.82) is 0 Å². The zero-order valence-corrected chi connectivity index (χ0v) is 6.92. The molecule has 0 unspecified atom stereocenters. The highest BCUT2D eigenvalue weighted by Gasteiger charge is 2.00. The smallest absolute Gasteiger partial charge is 0.139 e.